The molecule has 1 atom stereocenters. The van der Waals surface area contributed by atoms with Crippen molar-refractivity contribution in [2.75, 3.05) is 10.6 Å². The lowest BCUT2D eigenvalue weighted by Gasteiger charge is -2.15. The van der Waals surface area contributed by atoms with Gasteiger partial charge in [-0.25, -0.2) is 4.98 Å². The first-order chi connectivity index (χ1) is 26.0. The van der Waals surface area contributed by atoms with Crippen molar-refractivity contribution in [3.63, 3.8) is 0 Å². The van der Waals surface area contributed by atoms with Crippen molar-refractivity contribution in [3.8, 4) is 11.3 Å². The maximum atomic E-state index is 5.52. The Bertz CT molecular complexity index is 2200. The van der Waals surface area contributed by atoms with Crippen molar-refractivity contribution < 1.29 is 0 Å². The molecule has 8 nitrogen and oxygen atoms in total. The summed E-state index contributed by atoms with van der Waals surface area (Å²) >= 11 is 10.1. The summed E-state index contributed by atoms with van der Waals surface area (Å²) in [5.74, 6) is 0. The van der Waals surface area contributed by atoms with Gasteiger partial charge in [-0.15, -0.1) is 12.6 Å². The molecule has 4 N–H and O–H groups in total. The molecule has 0 aliphatic carbocycles. The summed E-state index contributed by atoms with van der Waals surface area (Å²) in [5, 5.41) is 16.1. The summed E-state index contributed by atoms with van der Waals surface area (Å²) in [5.41, 5.74) is 15.2. The second kappa shape index (κ2) is 18.8. The monoisotopic (exact) mass is 730 g/mol. The topological polar surface area (TPSA) is 98.6 Å². The summed E-state index contributed by atoms with van der Waals surface area (Å²) in [4.78, 5) is 9.49. The van der Waals surface area contributed by atoms with Gasteiger partial charge in [0.2, 0.25) is 0 Å². The van der Waals surface area contributed by atoms with Gasteiger partial charge in [-0.3, -0.25) is 15.8 Å². The number of aryl methyl sites for hydroxylation is 1. The van der Waals surface area contributed by atoms with E-state index in [1.54, 1.807) is 6.20 Å². The van der Waals surface area contributed by atoms with E-state index in [9.17, 15) is 0 Å². The Morgan fingerprint density at radius 3 is 2.00 bits per heavy atom. The maximum absolute atomic E-state index is 5.52. The number of nitrogens with one attached hydrogen (secondary N) is 4. The molecule has 0 spiro atoms. The molecule has 1 unspecified atom stereocenters. The zero-order valence-electron chi connectivity index (χ0n) is 29.0. The maximum Gasteiger partial charge on any atom is 0.191 e. The highest BCUT2D eigenvalue weighted by Crippen LogP contribution is 2.20. The minimum absolute atomic E-state index is 0.373. The number of nitrogens with zero attached hydrogens (tertiary/aromatic N) is 4. The van der Waals surface area contributed by atoms with Gasteiger partial charge < -0.3 is 10.6 Å². The van der Waals surface area contributed by atoms with E-state index < -0.39 is 5.50 Å². The smallest absolute Gasteiger partial charge is 0.191 e. The van der Waals surface area contributed by atoms with Gasteiger partial charge in [-0.2, -0.15) is 10.2 Å². The first-order valence-corrected chi connectivity index (χ1v) is 17.9. The largest absolute Gasteiger partial charge is 0.356 e. The van der Waals surface area contributed by atoms with Crippen LogP contribution < -0.4 is 21.5 Å². The van der Waals surface area contributed by atoms with Crippen LogP contribution in [0.25, 0.3) is 23.4 Å². The van der Waals surface area contributed by atoms with Gasteiger partial charge in [-0.1, -0.05) is 115 Å². The Hall–Kier alpha value is -6.36. The Balaban J connectivity index is 1.18. The van der Waals surface area contributed by atoms with Gasteiger partial charge in [0.1, 0.15) is 11.4 Å². The molecule has 0 amide bonds. The van der Waals surface area contributed by atoms with Gasteiger partial charge >= 0.3 is 0 Å². The van der Waals surface area contributed by atoms with E-state index in [1.165, 1.54) is 5.56 Å². The van der Waals surface area contributed by atoms with Crippen LogP contribution in [0.3, 0.4) is 0 Å². The second-order valence-corrected chi connectivity index (χ2v) is 12.7. The number of hydrazone groups is 2. The molecule has 262 valence electrons. The third kappa shape index (κ3) is 11.3. The fraction of sp³-hybridized carbons (Fsp3) is 0.0465. The van der Waals surface area contributed by atoms with E-state index >= 15 is 0 Å². The Morgan fingerprint density at radius 2 is 1.30 bits per heavy atom. The van der Waals surface area contributed by atoms with Gasteiger partial charge in [0.05, 0.1) is 17.1 Å². The van der Waals surface area contributed by atoms with E-state index in [0.717, 1.165) is 39.5 Å². The Morgan fingerprint density at radius 1 is 0.660 bits per heavy atom. The highest BCUT2D eigenvalue weighted by Gasteiger charge is 2.08. The number of rotatable bonds is 13. The van der Waals surface area contributed by atoms with Crippen molar-refractivity contribution in [1.29, 1.82) is 0 Å². The summed E-state index contributed by atoms with van der Waals surface area (Å²) in [7, 11) is 0. The number of allylic oxidation sites excluding steroid dienone is 2. The van der Waals surface area contributed by atoms with Gasteiger partial charge in [0, 0.05) is 23.1 Å². The molecule has 2 aromatic heterocycles. The summed E-state index contributed by atoms with van der Waals surface area (Å²) in [6.45, 7) is 2.05. The molecule has 0 aliphatic heterocycles. The number of aromatic nitrogens is 2. The first kappa shape index (κ1) is 36.4. The van der Waals surface area contributed by atoms with Crippen LogP contribution in [0.15, 0.2) is 174 Å². The van der Waals surface area contributed by atoms with E-state index in [-0.39, 0.29) is 0 Å². The molecule has 4 aromatic carbocycles. The lowest BCUT2D eigenvalue weighted by Crippen LogP contribution is -2.28. The number of hydrogen-bond donors (Lipinski definition) is 5. The van der Waals surface area contributed by atoms with Crippen LogP contribution in [0.1, 0.15) is 28.1 Å². The SMILES string of the molecule is Cc1ccc(NC(S)N/N=C(\C=C\c2ccc(-c3cccc(C(/C=C/c4ccccc4)=N/NC(=S)Nc4ccccc4)n3)cc2)c2ccccn2)cc1. The highest BCUT2D eigenvalue weighted by molar-refractivity contribution is 7.81. The zero-order chi connectivity index (χ0) is 36.7. The fourth-order valence-corrected chi connectivity index (χ4v) is 5.42. The third-order valence-corrected chi connectivity index (χ3v) is 8.22. The first-order valence-electron chi connectivity index (χ1n) is 16.9. The molecule has 0 saturated carbocycles. The van der Waals surface area contributed by atoms with Crippen LogP contribution >= 0.6 is 24.8 Å². The number of para-hydroxylation sites is 1. The van der Waals surface area contributed by atoms with Crippen molar-refractivity contribution >= 4 is 64.9 Å². The molecule has 0 radical (unpaired) electrons. The van der Waals surface area contributed by atoms with Crippen LogP contribution in [0.4, 0.5) is 11.4 Å². The van der Waals surface area contributed by atoms with Gasteiger partial charge in [0.25, 0.3) is 0 Å². The molecule has 0 aliphatic rings. The van der Waals surface area contributed by atoms with Gasteiger partial charge in [-0.05, 0) is 91.0 Å². The van der Waals surface area contributed by atoms with Crippen LogP contribution in [-0.2, 0) is 0 Å². The van der Waals surface area contributed by atoms with Crippen molar-refractivity contribution in [3.05, 3.63) is 192 Å². The minimum Gasteiger partial charge on any atom is -0.356 e. The molecular formula is C43H38N8S2. The lowest BCUT2D eigenvalue weighted by molar-refractivity contribution is 0.752. The molecule has 6 aromatic rings. The van der Waals surface area contributed by atoms with E-state index in [1.807, 2.05) is 170 Å². The normalized spacial score (nSPS) is 12.4. The summed E-state index contributed by atoms with van der Waals surface area (Å²) in [6, 6.07) is 47.7. The molecule has 53 heavy (non-hydrogen) atoms. The Kier molecular flexibility index (Phi) is 12.9. The number of hydrogen-bond acceptors (Lipinski definition) is 8. The van der Waals surface area contributed by atoms with Gasteiger partial charge in [0.15, 0.2) is 10.6 Å². The fourth-order valence-electron chi connectivity index (χ4n) is 5.05. The standard InChI is InChI=1S/C43H38N8S2/c1-31-18-26-36(27-19-31)46-43(53)50-48-40(38-15-8-9-30-44-38)28-23-33-20-24-34(25-21-33)37-16-10-17-39(47-37)41(29-22-32-11-4-2-5-12-32)49-51-42(52)45-35-13-6-3-7-14-35/h2-30,43,46,50,53H,1H3,(H2,45,51,52)/b28-23+,29-22+,48-40+,49-41+. The van der Waals surface area contributed by atoms with Crippen molar-refractivity contribution in [2.24, 2.45) is 10.2 Å². The predicted molar refractivity (Wildman–Crippen MR) is 228 cm³/mol. The average molecular weight is 731 g/mol. The summed E-state index contributed by atoms with van der Waals surface area (Å²) in [6.07, 6.45) is 9.61. The molecular weight excluding hydrogens is 693 g/mol. The van der Waals surface area contributed by atoms with E-state index in [0.29, 0.717) is 22.2 Å². The highest BCUT2D eigenvalue weighted by atomic mass is 32.1. The minimum atomic E-state index is -0.412. The third-order valence-electron chi connectivity index (χ3n) is 7.78. The predicted octanol–water partition coefficient (Wildman–Crippen LogP) is 9.19. The molecule has 0 saturated heterocycles. The lowest BCUT2D eigenvalue weighted by atomic mass is 10.1. The second-order valence-electron chi connectivity index (χ2n) is 11.8. The summed E-state index contributed by atoms with van der Waals surface area (Å²) < 4.78 is 0. The van der Waals surface area contributed by atoms with Crippen LogP contribution in [-0.4, -0.2) is 32.0 Å². The van der Waals surface area contributed by atoms with Crippen LogP contribution in [0.5, 0.6) is 0 Å². The van der Waals surface area contributed by atoms with E-state index in [2.05, 4.69) is 56.2 Å². The molecule has 0 fully saturated rings. The Labute approximate surface area is 321 Å². The molecule has 6 rings (SSSR count). The van der Waals surface area contributed by atoms with Crippen LogP contribution in [0.2, 0.25) is 0 Å². The number of pyridine rings is 2. The van der Waals surface area contributed by atoms with Crippen molar-refractivity contribution in [2.45, 2.75) is 12.4 Å². The quantitative estimate of drug-likeness (QED) is 0.0266. The average Bonchev–Trinajstić information content (AvgIpc) is 3.20. The number of thiocarbonyl (C=S) groups is 1. The zero-order valence-corrected chi connectivity index (χ0v) is 30.7. The molecule has 0 bridgehead atoms. The number of benzene rings is 4. The molecule has 2 heterocycles. The van der Waals surface area contributed by atoms with E-state index in [4.69, 9.17) is 17.2 Å². The van der Waals surface area contributed by atoms with Crippen LogP contribution in [0, 0.1) is 6.92 Å². The number of anilines is 2. The molecule has 10 heteroatoms. The van der Waals surface area contributed by atoms with Crippen molar-refractivity contribution in [1.82, 2.24) is 20.8 Å². The number of thiol groups is 1.